The number of unbranched alkanes of at least 4 members (excludes halogenated alkanes) is 5. The van der Waals surface area contributed by atoms with Crippen LogP contribution in [-0.4, -0.2) is 24.0 Å². The maximum atomic E-state index is 8.75. The summed E-state index contributed by atoms with van der Waals surface area (Å²) in [5.41, 5.74) is 6.48. The number of rotatable bonds is 10. The van der Waals surface area contributed by atoms with Gasteiger partial charge in [0, 0.05) is 18.9 Å². The van der Waals surface area contributed by atoms with Gasteiger partial charge in [0.2, 0.25) is 5.96 Å². The Bertz CT molecular complexity index is 451. The minimum absolute atomic E-state index is 0.504. The van der Waals surface area contributed by atoms with Crippen molar-refractivity contribution in [3.05, 3.63) is 30.1 Å². The molecule has 6 nitrogen and oxygen atoms in total. The summed E-state index contributed by atoms with van der Waals surface area (Å²) in [5, 5.41) is 14.5. The van der Waals surface area contributed by atoms with Crippen molar-refractivity contribution in [2.45, 2.75) is 45.1 Å². The lowest BCUT2D eigenvalue weighted by atomic mass is 10.1. The number of hydrogen-bond donors (Lipinski definition) is 3. The van der Waals surface area contributed by atoms with E-state index in [0.717, 1.165) is 31.5 Å². The summed E-state index contributed by atoms with van der Waals surface area (Å²) in [5.74, 6) is 0.523. The number of nitrogens with one attached hydrogen (secondary N) is 2. The summed E-state index contributed by atoms with van der Waals surface area (Å²) in [7, 11) is 0. The molecule has 4 N–H and O–H groups in total. The Labute approximate surface area is 132 Å². The SMILES string of the molecule is N#CNC(=NCc1cccnc1)NCCCCCCCCN. The van der Waals surface area contributed by atoms with Crippen LogP contribution in [0.25, 0.3) is 0 Å². The summed E-state index contributed by atoms with van der Waals surface area (Å²) in [6.45, 7) is 2.11. The molecule has 0 saturated carbocycles. The summed E-state index contributed by atoms with van der Waals surface area (Å²) < 4.78 is 0. The number of hydrogen-bond acceptors (Lipinski definition) is 4. The standard InChI is InChI=1S/C16H26N6/c17-9-5-3-1-2-4-6-11-20-16(22-14-18)21-13-15-8-7-10-19-12-15/h7-8,10,12H,1-6,9,11,13,17H2,(H2,20,21,22). The van der Waals surface area contributed by atoms with E-state index < -0.39 is 0 Å². The van der Waals surface area contributed by atoms with Crippen LogP contribution in [0.4, 0.5) is 0 Å². The first-order chi connectivity index (χ1) is 10.9. The van der Waals surface area contributed by atoms with Crippen molar-refractivity contribution in [2.24, 2.45) is 10.7 Å². The Morgan fingerprint density at radius 2 is 2.00 bits per heavy atom. The molecule has 0 aliphatic rings. The first-order valence-electron chi connectivity index (χ1n) is 7.89. The molecule has 0 aliphatic heterocycles. The zero-order valence-electron chi connectivity index (χ0n) is 13.1. The van der Waals surface area contributed by atoms with Crippen LogP contribution < -0.4 is 16.4 Å². The van der Waals surface area contributed by atoms with Crippen molar-refractivity contribution < 1.29 is 0 Å². The number of nitrogens with zero attached hydrogens (tertiary/aromatic N) is 3. The van der Waals surface area contributed by atoms with Gasteiger partial charge in [-0.1, -0.05) is 31.7 Å². The van der Waals surface area contributed by atoms with Crippen LogP contribution in [0.1, 0.15) is 44.1 Å². The third-order valence-corrected chi connectivity index (χ3v) is 3.24. The molecule has 0 aromatic carbocycles. The van der Waals surface area contributed by atoms with Gasteiger partial charge in [0.25, 0.3) is 0 Å². The van der Waals surface area contributed by atoms with Crippen LogP contribution in [0, 0.1) is 11.5 Å². The molecule has 0 radical (unpaired) electrons. The molecule has 1 aromatic rings. The molecule has 0 spiro atoms. The van der Waals surface area contributed by atoms with E-state index in [4.69, 9.17) is 11.0 Å². The molecule has 1 aromatic heterocycles. The zero-order valence-corrected chi connectivity index (χ0v) is 13.1. The van der Waals surface area contributed by atoms with Gasteiger partial charge in [-0.25, -0.2) is 4.99 Å². The Balaban J connectivity index is 2.19. The lowest BCUT2D eigenvalue weighted by Gasteiger charge is -2.08. The molecule has 0 atom stereocenters. The minimum atomic E-state index is 0.504. The number of pyridine rings is 1. The molecular formula is C16H26N6. The highest BCUT2D eigenvalue weighted by Gasteiger charge is 1.98. The van der Waals surface area contributed by atoms with E-state index in [1.165, 1.54) is 25.7 Å². The fraction of sp³-hybridized carbons (Fsp3) is 0.562. The number of nitrogens with two attached hydrogens (primary N) is 1. The van der Waals surface area contributed by atoms with E-state index in [2.05, 4.69) is 20.6 Å². The van der Waals surface area contributed by atoms with Crippen molar-refractivity contribution in [3.63, 3.8) is 0 Å². The van der Waals surface area contributed by atoms with E-state index in [9.17, 15) is 0 Å². The largest absolute Gasteiger partial charge is 0.356 e. The molecule has 1 heterocycles. The highest BCUT2D eigenvalue weighted by Crippen LogP contribution is 2.04. The third-order valence-electron chi connectivity index (χ3n) is 3.24. The lowest BCUT2D eigenvalue weighted by Crippen LogP contribution is -2.35. The summed E-state index contributed by atoms with van der Waals surface area (Å²) in [4.78, 5) is 8.40. The van der Waals surface area contributed by atoms with Crippen LogP contribution in [0.15, 0.2) is 29.5 Å². The number of aliphatic imine (C=N–C) groups is 1. The summed E-state index contributed by atoms with van der Waals surface area (Å²) >= 11 is 0. The maximum absolute atomic E-state index is 8.75. The molecule has 1 rings (SSSR count). The first-order valence-corrected chi connectivity index (χ1v) is 7.89. The second-order valence-corrected chi connectivity index (χ2v) is 5.10. The molecule has 22 heavy (non-hydrogen) atoms. The predicted molar refractivity (Wildman–Crippen MR) is 88.9 cm³/mol. The van der Waals surface area contributed by atoms with Crippen LogP contribution >= 0.6 is 0 Å². The van der Waals surface area contributed by atoms with Crippen molar-refractivity contribution in [1.82, 2.24) is 15.6 Å². The molecule has 0 aliphatic carbocycles. The van der Waals surface area contributed by atoms with Gasteiger partial charge in [-0.15, -0.1) is 0 Å². The van der Waals surface area contributed by atoms with Gasteiger partial charge >= 0.3 is 0 Å². The predicted octanol–water partition coefficient (Wildman–Crippen LogP) is 1.90. The Morgan fingerprint density at radius 1 is 1.23 bits per heavy atom. The smallest absolute Gasteiger partial charge is 0.205 e. The Hall–Kier alpha value is -2.13. The van der Waals surface area contributed by atoms with Gasteiger partial charge in [-0.3, -0.25) is 10.3 Å². The molecule has 0 saturated heterocycles. The Morgan fingerprint density at radius 3 is 2.68 bits per heavy atom. The van der Waals surface area contributed by atoms with Gasteiger partial charge < -0.3 is 11.1 Å². The Kier molecular flexibility index (Phi) is 10.3. The van der Waals surface area contributed by atoms with Crippen molar-refractivity contribution in [1.29, 1.82) is 5.26 Å². The fourth-order valence-electron chi connectivity index (χ4n) is 2.04. The van der Waals surface area contributed by atoms with E-state index in [1.807, 2.05) is 18.3 Å². The number of aromatic nitrogens is 1. The third kappa shape index (κ3) is 8.93. The van der Waals surface area contributed by atoms with Crippen LogP contribution in [0.5, 0.6) is 0 Å². The second-order valence-electron chi connectivity index (χ2n) is 5.10. The lowest BCUT2D eigenvalue weighted by molar-refractivity contribution is 0.592. The highest BCUT2D eigenvalue weighted by molar-refractivity contribution is 5.81. The fourth-order valence-corrected chi connectivity index (χ4v) is 2.04. The average molecular weight is 302 g/mol. The van der Waals surface area contributed by atoms with E-state index in [-0.39, 0.29) is 0 Å². The summed E-state index contributed by atoms with van der Waals surface area (Å²) in [6, 6.07) is 3.84. The highest BCUT2D eigenvalue weighted by atomic mass is 15.2. The second kappa shape index (κ2) is 12.6. The molecule has 0 fully saturated rings. The average Bonchev–Trinajstić information content (AvgIpc) is 2.56. The molecule has 0 unspecified atom stereocenters. The van der Waals surface area contributed by atoms with Crippen molar-refractivity contribution >= 4 is 5.96 Å². The topological polar surface area (TPSA) is 99.1 Å². The molecule has 0 amide bonds. The minimum Gasteiger partial charge on any atom is -0.356 e. The maximum Gasteiger partial charge on any atom is 0.205 e. The van der Waals surface area contributed by atoms with Gasteiger partial charge in [0.1, 0.15) is 0 Å². The van der Waals surface area contributed by atoms with Crippen molar-refractivity contribution in [3.8, 4) is 6.19 Å². The first kappa shape index (κ1) is 17.9. The van der Waals surface area contributed by atoms with Crippen LogP contribution in [0.2, 0.25) is 0 Å². The normalized spacial score (nSPS) is 11.0. The molecule has 6 heteroatoms. The van der Waals surface area contributed by atoms with Crippen LogP contribution in [-0.2, 0) is 6.54 Å². The van der Waals surface area contributed by atoms with E-state index in [1.54, 1.807) is 12.4 Å². The van der Waals surface area contributed by atoms with Crippen molar-refractivity contribution in [2.75, 3.05) is 13.1 Å². The van der Waals surface area contributed by atoms with Gasteiger partial charge in [-0.05, 0) is 31.0 Å². The zero-order chi connectivity index (χ0) is 15.9. The van der Waals surface area contributed by atoms with Gasteiger partial charge in [0.15, 0.2) is 6.19 Å². The number of guanidine groups is 1. The summed E-state index contributed by atoms with van der Waals surface area (Å²) in [6.07, 6.45) is 12.5. The van der Waals surface area contributed by atoms with Crippen LogP contribution in [0.3, 0.4) is 0 Å². The van der Waals surface area contributed by atoms with Gasteiger partial charge in [-0.2, -0.15) is 5.26 Å². The number of nitriles is 1. The van der Waals surface area contributed by atoms with E-state index >= 15 is 0 Å². The molecule has 0 bridgehead atoms. The molecule has 120 valence electrons. The van der Waals surface area contributed by atoms with Gasteiger partial charge in [0.05, 0.1) is 6.54 Å². The monoisotopic (exact) mass is 302 g/mol. The van der Waals surface area contributed by atoms with E-state index in [0.29, 0.717) is 12.5 Å². The molecular weight excluding hydrogens is 276 g/mol. The quantitative estimate of drug-likeness (QED) is 0.201.